The van der Waals surface area contributed by atoms with Crippen LogP contribution in [0.1, 0.15) is 36.3 Å². The summed E-state index contributed by atoms with van der Waals surface area (Å²) in [6.07, 6.45) is 3.13. The standard InChI is InChI=1S/C30H33N3O6/c1-37-27-7-4-21-20(22-17-23(22)30(35)36)3-5-24(28(21)32-27)31-29(34)19-9-12-33(13-10-19)11-8-18-2-6-25-26(16-18)39-15-14-38-25/h2-7,16,19,22-23H,8-15,17H2,1H3,(H,31,34)(H,35,36). The average molecular weight is 532 g/mol. The van der Waals surface area contributed by atoms with E-state index >= 15 is 0 Å². The molecule has 2 atom stereocenters. The highest BCUT2D eigenvalue weighted by Gasteiger charge is 2.45. The third kappa shape index (κ3) is 5.36. The van der Waals surface area contributed by atoms with Crippen molar-refractivity contribution in [2.24, 2.45) is 11.8 Å². The van der Waals surface area contributed by atoms with Gasteiger partial charge in [0.25, 0.3) is 0 Å². The van der Waals surface area contributed by atoms with Gasteiger partial charge in [-0.3, -0.25) is 9.59 Å². The number of anilines is 1. The summed E-state index contributed by atoms with van der Waals surface area (Å²) in [6.45, 7) is 3.84. The Morgan fingerprint density at radius 2 is 1.87 bits per heavy atom. The molecule has 1 aliphatic carbocycles. The van der Waals surface area contributed by atoms with Crippen LogP contribution < -0.4 is 19.5 Å². The lowest BCUT2D eigenvalue weighted by Gasteiger charge is -2.31. The van der Waals surface area contributed by atoms with Crippen molar-refractivity contribution in [3.05, 3.63) is 53.6 Å². The molecular weight excluding hydrogens is 498 g/mol. The average Bonchev–Trinajstić information content (AvgIpc) is 3.77. The Bertz CT molecular complexity index is 1400. The Morgan fingerprint density at radius 3 is 2.62 bits per heavy atom. The van der Waals surface area contributed by atoms with Crippen LogP contribution in [0.15, 0.2) is 42.5 Å². The summed E-state index contributed by atoms with van der Waals surface area (Å²) in [7, 11) is 1.55. The van der Waals surface area contributed by atoms with Gasteiger partial charge in [-0.1, -0.05) is 12.1 Å². The number of pyridine rings is 1. The first-order valence-corrected chi connectivity index (χ1v) is 13.6. The minimum atomic E-state index is -0.773. The zero-order valence-corrected chi connectivity index (χ0v) is 22.0. The Kier molecular flexibility index (Phi) is 6.99. The van der Waals surface area contributed by atoms with Crippen molar-refractivity contribution in [3.8, 4) is 17.4 Å². The summed E-state index contributed by atoms with van der Waals surface area (Å²) in [5.41, 5.74) is 3.44. The molecule has 2 unspecified atom stereocenters. The van der Waals surface area contributed by atoms with Crippen molar-refractivity contribution < 1.29 is 28.9 Å². The molecule has 204 valence electrons. The van der Waals surface area contributed by atoms with Gasteiger partial charge in [0.05, 0.1) is 24.2 Å². The van der Waals surface area contributed by atoms with E-state index in [2.05, 4.69) is 27.3 Å². The summed E-state index contributed by atoms with van der Waals surface area (Å²) >= 11 is 0. The van der Waals surface area contributed by atoms with Crippen LogP contribution in [0.25, 0.3) is 10.9 Å². The predicted octanol–water partition coefficient (Wildman–Crippen LogP) is 4.10. The number of nitrogens with one attached hydrogen (secondary N) is 1. The summed E-state index contributed by atoms with van der Waals surface area (Å²) in [4.78, 5) is 31.7. The number of nitrogens with zero attached hydrogens (tertiary/aromatic N) is 2. The highest BCUT2D eigenvalue weighted by molar-refractivity contribution is 6.02. The van der Waals surface area contributed by atoms with Crippen molar-refractivity contribution >= 4 is 28.5 Å². The topological polar surface area (TPSA) is 110 Å². The molecule has 0 spiro atoms. The number of carbonyl (C=O) groups excluding carboxylic acids is 1. The maximum absolute atomic E-state index is 13.3. The number of fused-ring (bicyclic) bond motifs is 2. The van der Waals surface area contributed by atoms with E-state index in [-0.39, 0.29) is 23.7 Å². The maximum atomic E-state index is 13.3. The number of benzene rings is 2. The molecule has 1 saturated carbocycles. The summed E-state index contributed by atoms with van der Waals surface area (Å²) in [5.74, 6) is 0.833. The van der Waals surface area contributed by atoms with Crippen molar-refractivity contribution in [2.75, 3.05) is 45.3 Å². The molecule has 0 radical (unpaired) electrons. The second-order valence-corrected chi connectivity index (χ2v) is 10.6. The van der Waals surface area contributed by atoms with Crippen LogP contribution in [-0.2, 0) is 16.0 Å². The van der Waals surface area contributed by atoms with Crippen LogP contribution in [-0.4, -0.2) is 66.8 Å². The molecule has 2 aromatic carbocycles. The van der Waals surface area contributed by atoms with Gasteiger partial charge in [0, 0.05) is 23.9 Å². The van der Waals surface area contributed by atoms with Gasteiger partial charge in [-0.2, -0.15) is 0 Å². The SMILES string of the molecule is COc1ccc2c(C3CC3C(=O)O)ccc(NC(=O)C3CCN(CCc4ccc5c(c4)OCCO5)CC3)c2n1. The fourth-order valence-corrected chi connectivity index (χ4v) is 5.75. The number of carboxylic acid groups (broad SMARTS) is 1. The monoisotopic (exact) mass is 531 g/mol. The minimum Gasteiger partial charge on any atom is -0.486 e. The number of amides is 1. The zero-order chi connectivity index (χ0) is 26.9. The minimum absolute atomic E-state index is 0.00464. The number of methoxy groups -OCH3 is 1. The molecule has 3 aromatic rings. The molecule has 3 aliphatic rings. The predicted molar refractivity (Wildman–Crippen MR) is 146 cm³/mol. The number of piperidine rings is 1. The van der Waals surface area contributed by atoms with Crippen LogP contribution in [0.2, 0.25) is 0 Å². The fourth-order valence-electron chi connectivity index (χ4n) is 5.75. The van der Waals surface area contributed by atoms with Crippen molar-refractivity contribution in [3.63, 3.8) is 0 Å². The van der Waals surface area contributed by atoms with Crippen LogP contribution in [0.4, 0.5) is 5.69 Å². The highest BCUT2D eigenvalue weighted by Crippen LogP contribution is 2.50. The molecule has 2 aliphatic heterocycles. The second-order valence-electron chi connectivity index (χ2n) is 10.6. The molecule has 6 rings (SSSR count). The largest absolute Gasteiger partial charge is 0.486 e. The van der Waals surface area contributed by atoms with Gasteiger partial charge in [-0.05, 0) is 80.1 Å². The lowest BCUT2D eigenvalue weighted by atomic mass is 9.95. The van der Waals surface area contributed by atoms with Gasteiger partial charge in [-0.15, -0.1) is 0 Å². The van der Waals surface area contributed by atoms with Crippen molar-refractivity contribution in [1.82, 2.24) is 9.88 Å². The lowest BCUT2D eigenvalue weighted by Crippen LogP contribution is -2.39. The van der Waals surface area contributed by atoms with Crippen LogP contribution in [0, 0.1) is 11.8 Å². The molecule has 2 N–H and O–H groups in total. The van der Waals surface area contributed by atoms with Crippen LogP contribution in [0.5, 0.6) is 17.4 Å². The number of hydrogen-bond donors (Lipinski definition) is 2. The Morgan fingerprint density at radius 1 is 1.08 bits per heavy atom. The number of rotatable bonds is 8. The molecule has 9 nitrogen and oxygen atoms in total. The number of aromatic nitrogens is 1. The van der Waals surface area contributed by atoms with Gasteiger partial charge in [0.1, 0.15) is 13.2 Å². The van der Waals surface area contributed by atoms with E-state index in [1.54, 1.807) is 13.2 Å². The van der Waals surface area contributed by atoms with Crippen molar-refractivity contribution in [2.45, 2.75) is 31.6 Å². The summed E-state index contributed by atoms with van der Waals surface area (Å²) < 4.78 is 16.6. The normalized spacial score (nSPS) is 20.9. The highest BCUT2D eigenvalue weighted by atomic mass is 16.6. The van der Waals surface area contributed by atoms with E-state index in [1.165, 1.54) is 5.56 Å². The van der Waals surface area contributed by atoms with E-state index in [1.807, 2.05) is 24.3 Å². The Labute approximate surface area is 227 Å². The van der Waals surface area contributed by atoms with Gasteiger partial charge >= 0.3 is 5.97 Å². The smallest absolute Gasteiger partial charge is 0.307 e. The molecule has 39 heavy (non-hydrogen) atoms. The zero-order valence-electron chi connectivity index (χ0n) is 22.0. The lowest BCUT2D eigenvalue weighted by molar-refractivity contribution is -0.138. The van der Waals surface area contributed by atoms with Crippen molar-refractivity contribution in [1.29, 1.82) is 0 Å². The van der Waals surface area contributed by atoms with E-state index in [0.717, 1.165) is 61.3 Å². The third-order valence-corrected chi connectivity index (χ3v) is 8.12. The molecule has 1 amide bonds. The number of carbonyl (C=O) groups is 2. The fraction of sp³-hybridized carbons (Fsp3) is 0.433. The second kappa shape index (κ2) is 10.7. The summed E-state index contributed by atoms with van der Waals surface area (Å²) in [5, 5.41) is 13.4. The molecule has 9 heteroatoms. The van der Waals surface area contributed by atoms with Gasteiger partial charge < -0.3 is 29.5 Å². The number of ether oxygens (including phenoxy) is 3. The number of hydrogen-bond acceptors (Lipinski definition) is 7. The van der Waals surface area contributed by atoms with E-state index in [9.17, 15) is 14.7 Å². The van der Waals surface area contributed by atoms with Gasteiger partial charge in [0.15, 0.2) is 11.5 Å². The van der Waals surface area contributed by atoms with E-state index in [0.29, 0.717) is 36.7 Å². The quantitative estimate of drug-likeness (QED) is 0.447. The van der Waals surface area contributed by atoms with E-state index in [4.69, 9.17) is 14.2 Å². The van der Waals surface area contributed by atoms with Crippen LogP contribution in [0.3, 0.4) is 0 Å². The first kappa shape index (κ1) is 25.4. The third-order valence-electron chi connectivity index (χ3n) is 8.12. The van der Waals surface area contributed by atoms with Gasteiger partial charge in [-0.25, -0.2) is 4.98 Å². The number of aliphatic carboxylic acids is 1. The summed E-state index contributed by atoms with van der Waals surface area (Å²) in [6, 6.07) is 13.6. The molecule has 3 heterocycles. The molecular formula is C30H33N3O6. The molecule has 1 saturated heterocycles. The Balaban J connectivity index is 1.08. The number of carboxylic acids is 1. The first-order valence-electron chi connectivity index (χ1n) is 13.6. The number of likely N-dealkylation sites (tertiary alicyclic amines) is 1. The van der Waals surface area contributed by atoms with E-state index < -0.39 is 5.97 Å². The maximum Gasteiger partial charge on any atom is 0.307 e. The first-order chi connectivity index (χ1) is 19.0. The molecule has 1 aromatic heterocycles. The molecule has 2 fully saturated rings. The molecule has 0 bridgehead atoms. The van der Waals surface area contributed by atoms with Gasteiger partial charge in [0.2, 0.25) is 11.8 Å². The Hall–Kier alpha value is -3.85. The van der Waals surface area contributed by atoms with Crippen LogP contribution >= 0.6 is 0 Å².